The Morgan fingerprint density at radius 3 is 2.51 bits per heavy atom. The molecule has 0 N–H and O–H groups in total. The molecule has 1 aromatic heterocycles. The number of ether oxygens (including phenoxy) is 1. The van der Waals surface area contributed by atoms with Crippen molar-refractivity contribution < 1.29 is 31.1 Å². The maximum absolute atomic E-state index is 13.3. The Kier molecular flexibility index (Phi) is 7.44. The van der Waals surface area contributed by atoms with E-state index in [2.05, 4.69) is 11.6 Å². The van der Waals surface area contributed by atoms with Crippen molar-refractivity contribution in [2.24, 2.45) is 0 Å². The van der Waals surface area contributed by atoms with Crippen molar-refractivity contribution >= 4 is 15.7 Å². The molecule has 1 heterocycles. The number of nitrogens with zero attached hydrogens (tertiary/aromatic N) is 3. The number of benzene rings is 2. The summed E-state index contributed by atoms with van der Waals surface area (Å²) in [7, 11) is -2.55. The van der Waals surface area contributed by atoms with E-state index < -0.39 is 27.3 Å². The van der Waals surface area contributed by atoms with E-state index in [9.17, 15) is 26.4 Å². The topological polar surface area (TPSA) is 81.5 Å². The molecule has 196 valence electrons. The second-order valence-corrected chi connectivity index (χ2v) is 10.7. The second-order valence-electron chi connectivity index (χ2n) is 8.79. The summed E-state index contributed by atoms with van der Waals surface area (Å²) in [5, 5.41) is -0.210. The molecule has 0 atom stereocenters. The van der Waals surface area contributed by atoms with Crippen molar-refractivity contribution in [3.63, 3.8) is 0 Å². The van der Waals surface area contributed by atoms with E-state index in [1.165, 1.54) is 30.3 Å². The molecule has 0 unspecified atom stereocenters. The van der Waals surface area contributed by atoms with Crippen LogP contribution in [0.4, 0.5) is 13.2 Å². The van der Waals surface area contributed by atoms with Crippen LogP contribution < -0.4 is 4.74 Å². The van der Waals surface area contributed by atoms with E-state index in [4.69, 9.17) is 4.74 Å². The van der Waals surface area contributed by atoms with Crippen molar-refractivity contribution in [3.05, 3.63) is 89.8 Å². The average molecular weight is 534 g/mol. The van der Waals surface area contributed by atoms with Crippen LogP contribution in [0.15, 0.2) is 72.5 Å². The number of imidazole rings is 1. The standard InChI is InChI=1S/C26H26F3N3O4S/c1-3-13-31(24(33)19-7-11-23(36-2)12-8-19)16-22-15-30-25(32(22)21-9-10-21)37(34,35)17-18-5-4-6-20(14-18)26(27,28)29/h3-8,11-12,14-15,21H,1,9-10,13,16-17H2,2H3. The first-order valence-electron chi connectivity index (χ1n) is 11.5. The van der Waals surface area contributed by atoms with E-state index in [0.29, 0.717) is 17.0 Å². The maximum atomic E-state index is 13.3. The highest BCUT2D eigenvalue weighted by atomic mass is 32.2. The van der Waals surface area contributed by atoms with Crippen molar-refractivity contribution in [1.29, 1.82) is 0 Å². The van der Waals surface area contributed by atoms with Gasteiger partial charge in [0.05, 0.1) is 36.9 Å². The minimum absolute atomic E-state index is 0.0182. The summed E-state index contributed by atoms with van der Waals surface area (Å²) in [6.07, 6.45) is -0.115. The fraction of sp³-hybridized carbons (Fsp3) is 0.308. The van der Waals surface area contributed by atoms with Gasteiger partial charge in [-0.3, -0.25) is 4.79 Å². The number of rotatable bonds is 10. The maximum Gasteiger partial charge on any atom is 0.416 e. The lowest BCUT2D eigenvalue weighted by Crippen LogP contribution is -2.31. The van der Waals surface area contributed by atoms with Crippen LogP contribution in [0.3, 0.4) is 0 Å². The predicted molar refractivity (Wildman–Crippen MR) is 131 cm³/mol. The molecule has 11 heteroatoms. The smallest absolute Gasteiger partial charge is 0.416 e. The number of aromatic nitrogens is 2. The minimum atomic E-state index is -4.58. The molecule has 0 bridgehead atoms. The molecule has 3 aromatic rings. The molecule has 0 spiro atoms. The third-order valence-corrected chi connectivity index (χ3v) is 7.54. The number of hydrogen-bond donors (Lipinski definition) is 0. The Labute approximate surface area is 213 Å². The summed E-state index contributed by atoms with van der Waals surface area (Å²) >= 11 is 0. The van der Waals surface area contributed by atoms with Gasteiger partial charge in [-0.2, -0.15) is 13.2 Å². The first-order valence-corrected chi connectivity index (χ1v) is 13.2. The van der Waals surface area contributed by atoms with Crippen molar-refractivity contribution in [2.75, 3.05) is 13.7 Å². The van der Waals surface area contributed by atoms with Crippen LogP contribution in [0.1, 0.15) is 46.1 Å². The SMILES string of the molecule is C=CCN(Cc1cnc(S(=O)(=O)Cc2cccc(C(F)(F)F)c2)n1C1CC1)C(=O)c1ccc(OC)cc1. The molecular formula is C26H26F3N3O4S. The molecule has 1 saturated carbocycles. The molecule has 0 radical (unpaired) electrons. The lowest BCUT2D eigenvalue weighted by molar-refractivity contribution is -0.137. The average Bonchev–Trinajstić information content (AvgIpc) is 3.61. The summed E-state index contributed by atoms with van der Waals surface area (Å²) < 4.78 is 72.6. The number of methoxy groups -OCH3 is 1. The van der Waals surface area contributed by atoms with Crippen molar-refractivity contribution in [1.82, 2.24) is 14.5 Å². The van der Waals surface area contributed by atoms with Gasteiger partial charge in [0.1, 0.15) is 5.75 Å². The molecule has 1 aliphatic rings. The number of hydrogen-bond acceptors (Lipinski definition) is 5. The van der Waals surface area contributed by atoms with Crippen LogP contribution >= 0.6 is 0 Å². The van der Waals surface area contributed by atoms with Gasteiger partial charge in [0.25, 0.3) is 5.91 Å². The molecule has 1 aliphatic carbocycles. The zero-order valence-electron chi connectivity index (χ0n) is 20.1. The molecule has 7 nitrogen and oxygen atoms in total. The Hall–Kier alpha value is -3.60. The highest BCUT2D eigenvalue weighted by molar-refractivity contribution is 7.90. The third kappa shape index (κ3) is 6.04. The summed E-state index contributed by atoms with van der Waals surface area (Å²) in [5.41, 5.74) is 0.0552. The van der Waals surface area contributed by atoms with Gasteiger partial charge in [-0.05, 0) is 48.7 Å². The molecule has 0 aliphatic heterocycles. The molecule has 0 saturated heterocycles. The number of carbonyl (C=O) groups excluding carboxylic acids is 1. The highest BCUT2D eigenvalue weighted by Gasteiger charge is 2.35. The van der Waals surface area contributed by atoms with Gasteiger partial charge < -0.3 is 14.2 Å². The van der Waals surface area contributed by atoms with E-state index in [-0.39, 0.29) is 35.8 Å². The van der Waals surface area contributed by atoms with Gasteiger partial charge in [0, 0.05) is 18.2 Å². The van der Waals surface area contributed by atoms with Gasteiger partial charge >= 0.3 is 6.18 Å². The van der Waals surface area contributed by atoms with Gasteiger partial charge in [-0.25, -0.2) is 13.4 Å². The van der Waals surface area contributed by atoms with Crippen molar-refractivity contribution in [2.45, 2.75) is 42.5 Å². The van der Waals surface area contributed by atoms with E-state index in [1.807, 2.05) is 0 Å². The molecule has 1 amide bonds. The summed E-state index contributed by atoms with van der Waals surface area (Å²) in [5.74, 6) is -0.296. The van der Waals surface area contributed by atoms with E-state index in [1.54, 1.807) is 34.9 Å². The number of amides is 1. The molecule has 1 fully saturated rings. The van der Waals surface area contributed by atoms with Crippen LogP contribution in [-0.4, -0.2) is 42.4 Å². The normalized spacial score (nSPS) is 13.8. The second kappa shape index (κ2) is 10.4. The minimum Gasteiger partial charge on any atom is -0.497 e. The number of sulfone groups is 1. The highest BCUT2D eigenvalue weighted by Crippen LogP contribution is 2.39. The number of halogens is 3. The number of carbonyl (C=O) groups is 1. The fourth-order valence-electron chi connectivity index (χ4n) is 4.06. The zero-order chi connectivity index (χ0) is 26.8. The van der Waals surface area contributed by atoms with E-state index >= 15 is 0 Å². The van der Waals surface area contributed by atoms with Gasteiger partial charge in [0.15, 0.2) is 0 Å². The quantitative estimate of drug-likeness (QED) is 0.341. The Balaban J connectivity index is 1.62. The number of alkyl halides is 3. The third-order valence-electron chi connectivity index (χ3n) is 5.97. The van der Waals surface area contributed by atoms with Crippen LogP contribution in [0.2, 0.25) is 0 Å². The summed E-state index contributed by atoms with van der Waals surface area (Å²) in [6, 6.07) is 10.8. The Bertz CT molecular complexity index is 1400. The Morgan fingerprint density at radius 2 is 1.92 bits per heavy atom. The van der Waals surface area contributed by atoms with Gasteiger partial charge in [-0.1, -0.05) is 24.3 Å². The zero-order valence-corrected chi connectivity index (χ0v) is 20.9. The Morgan fingerprint density at radius 1 is 1.22 bits per heavy atom. The van der Waals surface area contributed by atoms with Crippen LogP contribution in [0, 0.1) is 0 Å². The molecule has 37 heavy (non-hydrogen) atoms. The molecular weight excluding hydrogens is 507 g/mol. The summed E-state index contributed by atoms with van der Waals surface area (Å²) in [4.78, 5) is 18.9. The molecule has 2 aromatic carbocycles. The monoisotopic (exact) mass is 533 g/mol. The van der Waals surface area contributed by atoms with Crippen LogP contribution in [-0.2, 0) is 28.3 Å². The first-order chi connectivity index (χ1) is 17.5. The first kappa shape index (κ1) is 26.5. The fourth-order valence-corrected chi connectivity index (χ4v) is 5.58. The van der Waals surface area contributed by atoms with Gasteiger partial charge in [0.2, 0.25) is 15.0 Å². The van der Waals surface area contributed by atoms with Crippen molar-refractivity contribution in [3.8, 4) is 5.75 Å². The summed E-state index contributed by atoms with van der Waals surface area (Å²) in [6.45, 7) is 4.02. The van der Waals surface area contributed by atoms with Crippen LogP contribution in [0.5, 0.6) is 5.75 Å². The van der Waals surface area contributed by atoms with E-state index in [0.717, 1.165) is 25.0 Å². The molecule has 4 rings (SSSR count). The van der Waals surface area contributed by atoms with Crippen LogP contribution in [0.25, 0.3) is 0 Å². The lowest BCUT2D eigenvalue weighted by Gasteiger charge is -2.22. The lowest BCUT2D eigenvalue weighted by atomic mass is 10.1. The largest absolute Gasteiger partial charge is 0.497 e. The predicted octanol–water partition coefficient (Wildman–Crippen LogP) is 5.05. The van der Waals surface area contributed by atoms with Gasteiger partial charge in [-0.15, -0.1) is 6.58 Å².